The van der Waals surface area contributed by atoms with E-state index in [1.807, 2.05) is 30.9 Å². The van der Waals surface area contributed by atoms with Gasteiger partial charge in [0.2, 0.25) is 0 Å². The molecule has 0 aliphatic carbocycles. The summed E-state index contributed by atoms with van der Waals surface area (Å²) >= 11 is 0. The normalized spacial score (nSPS) is 11.3. The first-order valence-electron chi connectivity index (χ1n) is 7.55. The van der Waals surface area contributed by atoms with E-state index >= 15 is 0 Å². The maximum Gasteiger partial charge on any atom is 0.188 e. The molecular formula is C16H28FIN4. The highest BCUT2D eigenvalue weighted by molar-refractivity contribution is 14.0. The molecule has 4 nitrogen and oxygen atoms in total. The molecule has 1 aromatic rings. The van der Waals surface area contributed by atoms with Crippen LogP contribution in [-0.4, -0.2) is 25.6 Å². The van der Waals surface area contributed by atoms with Gasteiger partial charge in [-0.1, -0.05) is 19.9 Å². The minimum Gasteiger partial charge on any atom is -0.370 e. The van der Waals surface area contributed by atoms with Crippen LogP contribution in [-0.2, 0) is 6.54 Å². The van der Waals surface area contributed by atoms with Gasteiger partial charge in [-0.2, -0.15) is 0 Å². The Morgan fingerprint density at radius 2 is 1.95 bits per heavy atom. The molecular weight excluding hydrogens is 394 g/mol. The van der Waals surface area contributed by atoms with Crippen molar-refractivity contribution in [3.63, 3.8) is 0 Å². The Kier molecular flexibility index (Phi) is 10.1. The third-order valence-electron chi connectivity index (χ3n) is 3.24. The van der Waals surface area contributed by atoms with Gasteiger partial charge in [0.25, 0.3) is 0 Å². The van der Waals surface area contributed by atoms with Crippen molar-refractivity contribution < 1.29 is 4.39 Å². The molecule has 1 aromatic carbocycles. The van der Waals surface area contributed by atoms with Gasteiger partial charge in [-0.05, 0) is 37.5 Å². The lowest BCUT2D eigenvalue weighted by Crippen LogP contribution is -2.34. The number of nitrogens with one attached hydrogen (secondary N) is 1. The predicted octanol–water partition coefficient (Wildman–Crippen LogP) is 3.35. The molecule has 0 amide bonds. The summed E-state index contributed by atoms with van der Waals surface area (Å²) in [5, 5.41) is 3.04. The molecule has 0 radical (unpaired) electrons. The topological polar surface area (TPSA) is 53.6 Å². The summed E-state index contributed by atoms with van der Waals surface area (Å²) in [5.74, 6) is 0.696. The first-order valence-corrected chi connectivity index (χ1v) is 7.55. The number of guanidine groups is 1. The molecule has 1 rings (SSSR count). The monoisotopic (exact) mass is 422 g/mol. The van der Waals surface area contributed by atoms with Gasteiger partial charge in [-0.3, -0.25) is 0 Å². The summed E-state index contributed by atoms with van der Waals surface area (Å²) in [4.78, 5) is 6.21. The number of aliphatic imine (C=N–C) groups is 1. The van der Waals surface area contributed by atoms with Gasteiger partial charge in [0.15, 0.2) is 5.96 Å². The second-order valence-electron chi connectivity index (χ2n) is 5.43. The second-order valence-corrected chi connectivity index (χ2v) is 5.43. The summed E-state index contributed by atoms with van der Waals surface area (Å²) in [5.41, 5.74) is 7.22. The Morgan fingerprint density at radius 1 is 1.32 bits per heavy atom. The predicted molar refractivity (Wildman–Crippen MR) is 104 cm³/mol. The third kappa shape index (κ3) is 6.81. The molecule has 0 saturated carbocycles. The van der Waals surface area contributed by atoms with Gasteiger partial charge in [0, 0.05) is 19.6 Å². The van der Waals surface area contributed by atoms with E-state index in [0.717, 1.165) is 25.2 Å². The lowest BCUT2D eigenvalue weighted by atomic mass is 10.2. The molecule has 0 atom stereocenters. The summed E-state index contributed by atoms with van der Waals surface area (Å²) < 4.78 is 14.1. The van der Waals surface area contributed by atoms with E-state index in [2.05, 4.69) is 24.2 Å². The first kappa shape index (κ1) is 20.9. The average molecular weight is 422 g/mol. The molecule has 126 valence electrons. The van der Waals surface area contributed by atoms with E-state index in [1.54, 1.807) is 0 Å². The van der Waals surface area contributed by atoms with Crippen LogP contribution in [0.15, 0.2) is 23.2 Å². The van der Waals surface area contributed by atoms with Crippen LogP contribution < -0.4 is 16.0 Å². The van der Waals surface area contributed by atoms with E-state index < -0.39 is 0 Å². The summed E-state index contributed by atoms with van der Waals surface area (Å²) in [7, 11) is 0. The lowest BCUT2D eigenvalue weighted by molar-refractivity contribution is 0.617. The van der Waals surface area contributed by atoms with Crippen molar-refractivity contribution in [3.8, 4) is 0 Å². The molecule has 0 bridgehead atoms. The standard InChI is InChI=1S/C16H27FN4.HI/c1-5-21(6-2)15-8-7-13(9-14(15)17)11-20-16(18)19-10-12(3)4;/h7-9,12H,5-6,10-11H2,1-4H3,(H3,18,19,20);1H. The van der Waals surface area contributed by atoms with Gasteiger partial charge < -0.3 is 16.0 Å². The fourth-order valence-electron chi connectivity index (χ4n) is 2.01. The van der Waals surface area contributed by atoms with Crippen LogP contribution in [0.5, 0.6) is 0 Å². The van der Waals surface area contributed by atoms with Crippen LogP contribution in [0.4, 0.5) is 10.1 Å². The van der Waals surface area contributed by atoms with E-state index in [-0.39, 0.29) is 29.8 Å². The zero-order chi connectivity index (χ0) is 15.8. The van der Waals surface area contributed by atoms with Gasteiger partial charge in [-0.25, -0.2) is 9.38 Å². The number of hydrogen-bond acceptors (Lipinski definition) is 2. The fraction of sp³-hybridized carbons (Fsp3) is 0.562. The maximum atomic E-state index is 14.1. The fourth-order valence-corrected chi connectivity index (χ4v) is 2.01. The minimum atomic E-state index is -0.208. The van der Waals surface area contributed by atoms with Gasteiger partial charge in [-0.15, -0.1) is 24.0 Å². The van der Waals surface area contributed by atoms with Crippen LogP contribution in [0.3, 0.4) is 0 Å². The number of nitrogens with two attached hydrogens (primary N) is 1. The highest BCUT2D eigenvalue weighted by Gasteiger charge is 2.08. The molecule has 6 heteroatoms. The molecule has 0 fully saturated rings. The van der Waals surface area contributed by atoms with Crippen molar-refractivity contribution in [3.05, 3.63) is 29.6 Å². The maximum absolute atomic E-state index is 14.1. The minimum absolute atomic E-state index is 0. The van der Waals surface area contributed by atoms with Crippen molar-refractivity contribution in [2.24, 2.45) is 16.6 Å². The number of hydrogen-bond donors (Lipinski definition) is 2. The SMILES string of the molecule is CCN(CC)c1ccc(CN=C(N)NCC(C)C)cc1F.I. The first-order chi connectivity index (χ1) is 9.97. The van der Waals surface area contributed by atoms with Crippen molar-refractivity contribution in [1.82, 2.24) is 5.32 Å². The van der Waals surface area contributed by atoms with Gasteiger partial charge >= 0.3 is 0 Å². The Labute approximate surface area is 150 Å². The highest BCUT2D eigenvalue weighted by atomic mass is 127. The highest BCUT2D eigenvalue weighted by Crippen LogP contribution is 2.20. The zero-order valence-corrected chi connectivity index (χ0v) is 16.2. The number of halogens is 2. The number of nitrogens with zero attached hydrogens (tertiary/aromatic N) is 2. The summed E-state index contributed by atoms with van der Waals surface area (Å²) in [6.45, 7) is 11.0. The lowest BCUT2D eigenvalue weighted by Gasteiger charge is -2.21. The van der Waals surface area contributed by atoms with Crippen LogP contribution in [0.2, 0.25) is 0 Å². The molecule has 0 saturated heterocycles. The van der Waals surface area contributed by atoms with E-state index in [4.69, 9.17) is 5.73 Å². The summed E-state index contributed by atoms with van der Waals surface area (Å²) in [6, 6.07) is 5.24. The molecule has 0 spiro atoms. The molecule has 0 aromatic heterocycles. The molecule has 3 N–H and O–H groups in total. The second kappa shape index (κ2) is 10.6. The van der Waals surface area contributed by atoms with Crippen molar-refractivity contribution in [2.75, 3.05) is 24.5 Å². The van der Waals surface area contributed by atoms with Crippen molar-refractivity contribution >= 4 is 35.6 Å². The number of rotatable bonds is 7. The number of benzene rings is 1. The Morgan fingerprint density at radius 3 is 2.45 bits per heavy atom. The Bertz CT molecular complexity index is 473. The smallest absolute Gasteiger partial charge is 0.188 e. The van der Waals surface area contributed by atoms with Crippen LogP contribution in [0.25, 0.3) is 0 Å². The van der Waals surface area contributed by atoms with Crippen LogP contribution in [0, 0.1) is 11.7 Å². The quantitative estimate of drug-likeness (QED) is 0.403. The third-order valence-corrected chi connectivity index (χ3v) is 3.24. The van der Waals surface area contributed by atoms with E-state index in [9.17, 15) is 4.39 Å². The van der Waals surface area contributed by atoms with Crippen molar-refractivity contribution in [2.45, 2.75) is 34.2 Å². The molecule has 0 unspecified atom stereocenters. The summed E-state index contributed by atoms with van der Waals surface area (Å²) in [6.07, 6.45) is 0. The Balaban J connectivity index is 0.00000441. The van der Waals surface area contributed by atoms with Crippen LogP contribution >= 0.6 is 24.0 Å². The molecule has 0 aliphatic rings. The van der Waals surface area contributed by atoms with Gasteiger partial charge in [0.05, 0.1) is 12.2 Å². The van der Waals surface area contributed by atoms with Crippen LogP contribution in [0.1, 0.15) is 33.3 Å². The number of anilines is 1. The molecule has 0 aliphatic heterocycles. The largest absolute Gasteiger partial charge is 0.370 e. The van der Waals surface area contributed by atoms with Crippen molar-refractivity contribution in [1.29, 1.82) is 0 Å². The van der Waals surface area contributed by atoms with E-state index in [1.165, 1.54) is 6.07 Å². The Hall–Kier alpha value is -1.05. The zero-order valence-electron chi connectivity index (χ0n) is 13.9. The molecule has 22 heavy (non-hydrogen) atoms. The molecule has 0 heterocycles. The van der Waals surface area contributed by atoms with Gasteiger partial charge in [0.1, 0.15) is 5.82 Å². The average Bonchev–Trinajstić information content (AvgIpc) is 2.46. The van der Waals surface area contributed by atoms with E-state index in [0.29, 0.717) is 24.1 Å².